The van der Waals surface area contributed by atoms with Crippen molar-refractivity contribution in [1.82, 2.24) is 9.97 Å². The number of hydrogen-bond acceptors (Lipinski definition) is 5. The number of aliphatic hydroxyl groups excluding tert-OH is 1. The van der Waals surface area contributed by atoms with Crippen LogP contribution < -0.4 is 10.6 Å². The van der Waals surface area contributed by atoms with E-state index in [0.717, 1.165) is 43.6 Å². The SMILES string of the molecule is CCCc1c(N)ncnc1N1CCCC1CO. The lowest BCUT2D eigenvalue weighted by Gasteiger charge is -2.26. The minimum absolute atomic E-state index is 0.176. The molecule has 0 aromatic carbocycles. The first-order chi connectivity index (χ1) is 8.27. The van der Waals surface area contributed by atoms with E-state index in [0.29, 0.717) is 5.82 Å². The standard InChI is InChI=1S/C12H20N4O/c1-2-4-10-11(13)14-8-15-12(10)16-6-3-5-9(16)7-17/h8-9,17H,2-7H2,1H3,(H2,13,14,15). The Morgan fingerprint density at radius 1 is 1.53 bits per heavy atom. The van der Waals surface area contributed by atoms with E-state index in [1.165, 1.54) is 6.33 Å². The van der Waals surface area contributed by atoms with Crippen molar-refractivity contribution in [2.75, 3.05) is 23.8 Å². The van der Waals surface area contributed by atoms with Gasteiger partial charge in [-0.05, 0) is 19.3 Å². The molecule has 0 bridgehead atoms. The summed E-state index contributed by atoms with van der Waals surface area (Å²) >= 11 is 0. The third kappa shape index (κ3) is 2.34. The van der Waals surface area contributed by atoms with Gasteiger partial charge >= 0.3 is 0 Å². The van der Waals surface area contributed by atoms with Gasteiger partial charge in [0.25, 0.3) is 0 Å². The highest BCUT2D eigenvalue weighted by Gasteiger charge is 2.27. The van der Waals surface area contributed by atoms with Crippen LogP contribution in [0, 0.1) is 0 Å². The first-order valence-corrected chi connectivity index (χ1v) is 6.24. The Kier molecular flexibility index (Phi) is 3.78. The van der Waals surface area contributed by atoms with Crippen LogP contribution in [0.25, 0.3) is 0 Å². The molecule has 1 atom stereocenters. The highest BCUT2D eigenvalue weighted by molar-refractivity contribution is 5.57. The van der Waals surface area contributed by atoms with Crippen LogP contribution in [0.1, 0.15) is 31.7 Å². The van der Waals surface area contributed by atoms with Crippen molar-refractivity contribution >= 4 is 11.6 Å². The molecule has 0 saturated carbocycles. The van der Waals surface area contributed by atoms with Crippen molar-refractivity contribution in [3.05, 3.63) is 11.9 Å². The smallest absolute Gasteiger partial charge is 0.137 e. The number of hydrogen-bond donors (Lipinski definition) is 2. The summed E-state index contributed by atoms with van der Waals surface area (Å²) in [5.74, 6) is 1.48. The van der Waals surface area contributed by atoms with Gasteiger partial charge in [0, 0.05) is 12.1 Å². The monoisotopic (exact) mass is 236 g/mol. The molecule has 1 saturated heterocycles. The number of nitrogens with zero attached hydrogens (tertiary/aromatic N) is 3. The zero-order chi connectivity index (χ0) is 12.3. The van der Waals surface area contributed by atoms with E-state index < -0.39 is 0 Å². The molecule has 1 fully saturated rings. The molecule has 0 amide bonds. The maximum Gasteiger partial charge on any atom is 0.137 e. The minimum atomic E-state index is 0.176. The molecular formula is C12H20N4O. The molecule has 1 aromatic rings. The molecule has 0 spiro atoms. The molecule has 1 aliphatic heterocycles. The Labute approximate surface area is 102 Å². The first kappa shape index (κ1) is 12.1. The molecular weight excluding hydrogens is 216 g/mol. The second kappa shape index (κ2) is 5.31. The number of rotatable bonds is 4. The van der Waals surface area contributed by atoms with Crippen molar-refractivity contribution < 1.29 is 5.11 Å². The molecule has 0 radical (unpaired) electrons. The van der Waals surface area contributed by atoms with E-state index in [9.17, 15) is 5.11 Å². The van der Waals surface area contributed by atoms with Gasteiger partial charge in [0.15, 0.2) is 0 Å². The van der Waals surface area contributed by atoms with E-state index in [2.05, 4.69) is 21.8 Å². The van der Waals surface area contributed by atoms with Crippen LogP contribution in [-0.2, 0) is 6.42 Å². The lowest BCUT2D eigenvalue weighted by molar-refractivity contribution is 0.266. The third-order valence-electron chi connectivity index (χ3n) is 3.32. The highest BCUT2D eigenvalue weighted by atomic mass is 16.3. The number of nitrogens with two attached hydrogens (primary N) is 1. The maximum atomic E-state index is 9.37. The molecule has 1 aromatic heterocycles. The number of aliphatic hydroxyl groups is 1. The van der Waals surface area contributed by atoms with Crippen LogP contribution in [-0.4, -0.2) is 34.3 Å². The van der Waals surface area contributed by atoms with Gasteiger partial charge in [-0.3, -0.25) is 0 Å². The maximum absolute atomic E-state index is 9.37. The van der Waals surface area contributed by atoms with Gasteiger partial charge < -0.3 is 15.7 Å². The molecule has 94 valence electrons. The van der Waals surface area contributed by atoms with Crippen molar-refractivity contribution in [3.63, 3.8) is 0 Å². The Hall–Kier alpha value is -1.36. The normalized spacial score (nSPS) is 19.9. The fourth-order valence-electron chi connectivity index (χ4n) is 2.46. The van der Waals surface area contributed by atoms with Crippen LogP contribution >= 0.6 is 0 Å². The summed E-state index contributed by atoms with van der Waals surface area (Å²) in [7, 11) is 0. The molecule has 5 heteroatoms. The summed E-state index contributed by atoms with van der Waals surface area (Å²) in [6.07, 6.45) is 5.53. The Morgan fingerprint density at radius 2 is 2.35 bits per heavy atom. The van der Waals surface area contributed by atoms with Crippen LogP contribution in [0.15, 0.2) is 6.33 Å². The van der Waals surface area contributed by atoms with Crippen LogP contribution in [0.3, 0.4) is 0 Å². The number of nitrogen functional groups attached to an aromatic ring is 1. The van der Waals surface area contributed by atoms with Crippen molar-refractivity contribution in [1.29, 1.82) is 0 Å². The van der Waals surface area contributed by atoms with E-state index in [1.807, 2.05) is 0 Å². The molecule has 2 rings (SSSR count). The molecule has 1 aliphatic rings. The van der Waals surface area contributed by atoms with E-state index in [-0.39, 0.29) is 12.6 Å². The summed E-state index contributed by atoms with van der Waals surface area (Å²) in [4.78, 5) is 10.6. The van der Waals surface area contributed by atoms with E-state index in [4.69, 9.17) is 5.73 Å². The summed E-state index contributed by atoms with van der Waals surface area (Å²) in [6, 6.07) is 0.180. The van der Waals surface area contributed by atoms with Crippen LogP contribution in [0.5, 0.6) is 0 Å². The molecule has 1 unspecified atom stereocenters. The van der Waals surface area contributed by atoms with Crippen molar-refractivity contribution in [2.24, 2.45) is 0 Å². The molecule has 3 N–H and O–H groups in total. The number of anilines is 2. The average Bonchev–Trinajstić information content (AvgIpc) is 2.80. The van der Waals surface area contributed by atoms with Crippen molar-refractivity contribution in [2.45, 2.75) is 38.6 Å². The van der Waals surface area contributed by atoms with Gasteiger partial charge in [-0.15, -0.1) is 0 Å². The Balaban J connectivity index is 2.33. The van der Waals surface area contributed by atoms with Crippen LogP contribution in [0.4, 0.5) is 11.6 Å². The Morgan fingerprint density at radius 3 is 3.06 bits per heavy atom. The topological polar surface area (TPSA) is 75.3 Å². The minimum Gasteiger partial charge on any atom is -0.394 e. The van der Waals surface area contributed by atoms with Crippen LogP contribution in [0.2, 0.25) is 0 Å². The van der Waals surface area contributed by atoms with Gasteiger partial charge in [0.1, 0.15) is 18.0 Å². The predicted octanol–water partition coefficient (Wildman–Crippen LogP) is 0.972. The lowest BCUT2D eigenvalue weighted by atomic mass is 10.1. The Bertz CT molecular complexity index is 383. The summed E-state index contributed by atoms with van der Waals surface area (Å²) in [5.41, 5.74) is 6.95. The zero-order valence-corrected chi connectivity index (χ0v) is 10.3. The fraction of sp³-hybridized carbons (Fsp3) is 0.667. The van der Waals surface area contributed by atoms with Gasteiger partial charge in [0.2, 0.25) is 0 Å². The van der Waals surface area contributed by atoms with E-state index >= 15 is 0 Å². The molecule has 17 heavy (non-hydrogen) atoms. The quantitative estimate of drug-likeness (QED) is 0.814. The predicted molar refractivity (Wildman–Crippen MR) is 67.9 cm³/mol. The largest absolute Gasteiger partial charge is 0.394 e. The second-order valence-corrected chi connectivity index (χ2v) is 4.48. The fourth-order valence-corrected chi connectivity index (χ4v) is 2.46. The summed E-state index contributed by atoms with van der Waals surface area (Å²) in [5, 5.41) is 9.37. The van der Waals surface area contributed by atoms with Gasteiger partial charge in [-0.1, -0.05) is 13.3 Å². The van der Waals surface area contributed by atoms with Crippen molar-refractivity contribution in [3.8, 4) is 0 Å². The molecule has 5 nitrogen and oxygen atoms in total. The van der Waals surface area contributed by atoms with Gasteiger partial charge in [-0.2, -0.15) is 0 Å². The van der Waals surface area contributed by atoms with E-state index in [1.54, 1.807) is 0 Å². The van der Waals surface area contributed by atoms with Gasteiger partial charge in [-0.25, -0.2) is 9.97 Å². The third-order valence-corrected chi connectivity index (χ3v) is 3.32. The molecule has 0 aliphatic carbocycles. The summed E-state index contributed by atoms with van der Waals surface area (Å²) < 4.78 is 0. The summed E-state index contributed by atoms with van der Waals surface area (Å²) in [6.45, 7) is 3.23. The first-order valence-electron chi connectivity index (χ1n) is 6.24. The molecule has 2 heterocycles. The highest BCUT2D eigenvalue weighted by Crippen LogP contribution is 2.29. The lowest BCUT2D eigenvalue weighted by Crippen LogP contribution is -2.33. The second-order valence-electron chi connectivity index (χ2n) is 4.48. The number of aromatic nitrogens is 2. The average molecular weight is 236 g/mol. The van der Waals surface area contributed by atoms with Gasteiger partial charge in [0.05, 0.1) is 12.6 Å². The zero-order valence-electron chi connectivity index (χ0n) is 10.3.